The highest BCUT2D eigenvalue weighted by molar-refractivity contribution is 6.05. The van der Waals surface area contributed by atoms with E-state index in [-0.39, 0.29) is 5.91 Å². The van der Waals surface area contributed by atoms with Crippen LogP contribution in [0.1, 0.15) is 15.9 Å². The van der Waals surface area contributed by atoms with E-state index in [2.05, 4.69) is 15.3 Å². The Morgan fingerprint density at radius 3 is 2.55 bits per heavy atom. The summed E-state index contributed by atoms with van der Waals surface area (Å²) >= 11 is 0. The number of pyridine rings is 2. The fourth-order valence-electron chi connectivity index (χ4n) is 2.83. The van der Waals surface area contributed by atoms with Crippen molar-refractivity contribution in [1.29, 1.82) is 0 Å². The van der Waals surface area contributed by atoms with Gasteiger partial charge >= 0.3 is 0 Å². The van der Waals surface area contributed by atoms with Gasteiger partial charge in [-0.25, -0.2) is 4.98 Å². The summed E-state index contributed by atoms with van der Waals surface area (Å²) in [6, 6.07) is 12.7. The smallest absolute Gasteiger partial charge is 0.255 e. The molecule has 0 aliphatic rings. The Morgan fingerprint density at radius 1 is 1.03 bits per heavy atom. The quantitative estimate of drug-likeness (QED) is 0.633. The minimum Gasteiger partial charge on any atom is -0.497 e. The monoisotopic (exact) mass is 392 g/mol. The van der Waals surface area contributed by atoms with Crippen LogP contribution in [-0.4, -0.2) is 43.7 Å². The number of methoxy groups -OCH3 is 2. The van der Waals surface area contributed by atoms with Gasteiger partial charge in [0.05, 0.1) is 19.9 Å². The van der Waals surface area contributed by atoms with Crippen molar-refractivity contribution in [2.75, 3.05) is 38.0 Å². The van der Waals surface area contributed by atoms with Gasteiger partial charge in [-0.15, -0.1) is 0 Å². The summed E-state index contributed by atoms with van der Waals surface area (Å²) in [6.45, 7) is 0.772. The van der Waals surface area contributed by atoms with Crippen molar-refractivity contribution in [2.24, 2.45) is 0 Å². The number of hydrogen-bond acceptors (Lipinski definition) is 6. The number of benzene rings is 1. The first-order valence-corrected chi connectivity index (χ1v) is 9.20. The van der Waals surface area contributed by atoms with Gasteiger partial charge in [0.15, 0.2) is 0 Å². The van der Waals surface area contributed by atoms with Gasteiger partial charge in [0.1, 0.15) is 17.3 Å². The first kappa shape index (κ1) is 20.1. The molecule has 0 aliphatic heterocycles. The third-order valence-corrected chi connectivity index (χ3v) is 4.54. The van der Waals surface area contributed by atoms with Gasteiger partial charge in [0.2, 0.25) is 0 Å². The fourth-order valence-corrected chi connectivity index (χ4v) is 2.83. The van der Waals surface area contributed by atoms with Crippen molar-refractivity contribution in [3.8, 4) is 11.5 Å². The minimum atomic E-state index is -0.236. The Bertz CT molecular complexity index is 963. The Balaban J connectivity index is 1.69. The average molecular weight is 392 g/mol. The SMILES string of the molecule is COc1ccc(NC(=O)c2ccnc(N(C)CCc3ccncc3)c2)c(OC)c1. The number of ether oxygens (including phenoxy) is 2. The van der Waals surface area contributed by atoms with Crippen molar-refractivity contribution in [3.63, 3.8) is 0 Å². The molecule has 1 N–H and O–H groups in total. The molecule has 0 saturated carbocycles. The number of likely N-dealkylation sites (N-methyl/N-ethyl adjacent to an activating group) is 1. The Labute approximate surface area is 170 Å². The van der Waals surface area contributed by atoms with E-state index in [9.17, 15) is 4.79 Å². The van der Waals surface area contributed by atoms with Gasteiger partial charge in [-0.05, 0) is 48.4 Å². The van der Waals surface area contributed by atoms with Crippen molar-refractivity contribution in [1.82, 2.24) is 9.97 Å². The van der Waals surface area contributed by atoms with Gasteiger partial charge in [0.25, 0.3) is 5.91 Å². The topological polar surface area (TPSA) is 76.6 Å². The number of nitrogens with one attached hydrogen (secondary N) is 1. The van der Waals surface area contributed by atoms with Crippen LogP contribution in [0, 0.1) is 0 Å². The van der Waals surface area contributed by atoms with Crippen LogP contribution < -0.4 is 19.7 Å². The molecule has 0 fully saturated rings. The van der Waals surface area contributed by atoms with Crippen LogP contribution in [0.4, 0.5) is 11.5 Å². The number of hydrogen-bond donors (Lipinski definition) is 1. The second kappa shape index (κ2) is 9.54. The van der Waals surface area contributed by atoms with Crippen LogP contribution >= 0.6 is 0 Å². The Hall–Kier alpha value is -3.61. The molecule has 2 aromatic heterocycles. The summed E-state index contributed by atoms with van der Waals surface area (Å²) in [7, 11) is 5.08. The zero-order valence-electron chi connectivity index (χ0n) is 16.8. The standard InChI is InChI=1S/C22H24N4O3/c1-26(13-9-16-6-10-23-11-7-16)21-14-17(8-12-24-21)22(27)25-19-5-4-18(28-2)15-20(19)29-3/h4-8,10-12,14-15H,9,13H2,1-3H3,(H,25,27). The summed E-state index contributed by atoms with van der Waals surface area (Å²) in [5.41, 5.74) is 2.29. The molecule has 150 valence electrons. The number of amides is 1. The summed E-state index contributed by atoms with van der Waals surface area (Å²) in [5.74, 6) is 1.68. The molecular weight excluding hydrogens is 368 g/mol. The number of carbonyl (C=O) groups excluding carboxylic acids is 1. The van der Waals surface area contributed by atoms with Crippen LogP contribution in [0.2, 0.25) is 0 Å². The van der Waals surface area contributed by atoms with Crippen molar-refractivity contribution in [2.45, 2.75) is 6.42 Å². The third kappa shape index (κ3) is 5.22. The lowest BCUT2D eigenvalue weighted by molar-refractivity contribution is 0.102. The van der Waals surface area contributed by atoms with E-state index in [0.717, 1.165) is 18.8 Å². The number of rotatable bonds is 8. The van der Waals surface area contributed by atoms with Crippen LogP contribution in [0.3, 0.4) is 0 Å². The lowest BCUT2D eigenvalue weighted by Crippen LogP contribution is -2.22. The van der Waals surface area contributed by atoms with E-state index in [4.69, 9.17) is 9.47 Å². The Morgan fingerprint density at radius 2 is 1.83 bits per heavy atom. The number of carbonyl (C=O) groups is 1. The molecule has 0 saturated heterocycles. The molecule has 0 spiro atoms. The van der Waals surface area contributed by atoms with E-state index in [1.165, 1.54) is 5.56 Å². The number of anilines is 2. The van der Waals surface area contributed by atoms with Crippen molar-refractivity contribution < 1.29 is 14.3 Å². The third-order valence-electron chi connectivity index (χ3n) is 4.54. The van der Waals surface area contributed by atoms with Gasteiger partial charge in [-0.2, -0.15) is 0 Å². The predicted molar refractivity (Wildman–Crippen MR) is 113 cm³/mol. The zero-order valence-corrected chi connectivity index (χ0v) is 16.8. The molecule has 29 heavy (non-hydrogen) atoms. The highest BCUT2D eigenvalue weighted by Crippen LogP contribution is 2.29. The molecule has 1 amide bonds. The molecule has 0 atom stereocenters. The van der Waals surface area contributed by atoms with E-state index in [0.29, 0.717) is 22.7 Å². The molecule has 3 rings (SSSR count). The lowest BCUT2D eigenvalue weighted by atomic mass is 10.2. The van der Waals surface area contributed by atoms with Gasteiger partial charge in [-0.1, -0.05) is 0 Å². The van der Waals surface area contributed by atoms with E-state index >= 15 is 0 Å². The fraction of sp³-hybridized carbons (Fsp3) is 0.227. The highest BCUT2D eigenvalue weighted by atomic mass is 16.5. The number of nitrogens with zero attached hydrogens (tertiary/aromatic N) is 3. The molecule has 0 radical (unpaired) electrons. The van der Waals surface area contributed by atoms with Crippen LogP contribution in [0.25, 0.3) is 0 Å². The summed E-state index contributed by atoms with van der Waals surface area (Å²) in [5, 5.41) is 2.88. The second-order valence-corrected chi connectivity index (χ2v) is 6.45. The average Bonchev–Trinajstić information content (AvgIpc) is 2.78. The van der Waals surface area contributed by atoms with Crippen molar-refractivity contribution >= 4 is 17.4 Å². The molecule has 7 nitrogen and oxygen atoms in total. The van der Waals surface area contributed by atoms with Crippen molar-refractivity contribution in [3.05, 3.63) is 72.2 Å². The maximum atomic E-state index is 12.7. The van der Waals surface area contributed by atoms with E-state index < -0.39 is 0 Å². The summed E-state index contributed by atoms with van der Waals surface area (Å²) < 4.78 is 10.5. The summed E-state index contributed by atoms with van der Waals surface area (Å²) in [4.78, 5) is 23.2. The van der Waals surface area contributed by atoms with Gasteiger partial charge in [-0.3, -0.25) is 9.78 Å². The summed E-state index contributed by atoms with van der Waals surface area (Å²) in [6.07, 6.45) is 6.07. The lowest BCUT2D eigenvalue weighted by Gasteiger charge is -2.19. The van der Waals surface area contributed by atoms with Gasteiger partial charge in [0, 0.05) is 43.8 Å². The molecular formula is C22H24N4O3. The first-order chi connectivity index (χ1) is 14.1. The number of aromatic nitrogens is 2. The molecule has 0 unspecified atom stereocenters. The normalized spacial score (nSPS) is 10.3. The second-order valence-electron chi connectivity index (χ2n) is 6.45. The molecule has 1 aromatic carbocycles. The minimum absolute atomic E-state index is 0.236. The van der Waals surface area contributed by atoms with Crippen LogP contribution in [0.15, 0.2) is 61.1 Å². The molecule has 2 heterocycles. The first-order valence-electron chi connectivity index (χ1n) is 9.20. The van der Waals surface area contributed by atoms with Crippen LogP contribution in [0.5, 0.6) is 11.5 Å². The predicted octanol–water partition coefficient (Wildman–Crippen LogP) is 3.43. The maximum Gasteiger partial charge on any atom is 0.255 e. The molecule has 0 aliphatic carbocycles. The Kier molecular flexibility index (Phi) is 6.63. The zero-order chi connectivity index (χ0) is 20.6. The molecule has 3 aromatic rings. The van der Waals surface area contributed by atoms with E-state index in [1.807, 2.05) is 24.1 Å². The largest absolute Gasteiger partial charge is 0.497 e. The van der Waals surface area contributed by atoms with Crippen LogP contribution in [-0.2, 0) is 6.42 Å². The van der Waals surface area contributed by atoms with E-state index in [1.54, 1.807) is 63.1 Å². The molecule has 7 heteroatoms. The maximum absolute atomic E-state index is 12.7. The van der Waals surface area contributed by atoms with Gasteiger partial charge < -0.3 is 19.7 Å². The highest BCUT2D eigenvalue weighted by Gasteiger charge is 2.13. The molecule has 0 bridgehead atoms.